The average molecular weight is 490 g/mol. The highest BCUT2D eigenvalue weighted by Crippen LogP contribution is 2.33. The minimum atomic E-state index is -0.979. The van der Waals surface area contributed by atoms with E-state index in [9.17, 15) is 14.4 Å². The number of hydrogen-bond donors (Lipinski definition) is 2. The van der Waals surface area contributed by atoms with E-state index in [1.165, 1.54) is 4.90 Å². The first-order valence-corrected chi connectivity index (χ1v) is 11.9. The van der Waals surface area contributed by atoms with Crippen LogP contribution in [0.2, 0.25) is 0 Å². The van der Waals surface area contributed by atoms with Gasteiger partial charge in [-0.25, -0.2) is 9.78 Å². The van der Waals surface area contributed by atoms with Crippen LogP contribution in [0.4, 0.5) is 16.4 Å². The topological polar surface area (TPSA) is 126 Å². The lowest BCUT2D eigenvalue weighted by Crippen LogP contribution is -2.70. The number of nitrogens with zero attached hydrogens (tertiary/aromatic N) is 5. The van der Waals surface area contributed by atoms with Crippen LogP contribution in [0.3, 0.4) is 0 Å². The fourth-order valence-corrected chi connectivity index (χ4v) is 4.61. The maximum Gasteiger partial charge on any atom is 0.325 e. The number of likely N-dealkylation sites (N-methyl/N-ethyl adjacent to an activating group) is 1. The van der Waals surface area contributed by atoms with Crippen LogP contribution in [-0.2, 0) is 23.1 Å². The molecule has 1 aliphatic rings. The van der Waals surface area contributed by atoms with Crippen LogP contribution >= 0.6 is 0 Å². The van der Waals surface area contributed by atoms with Crippen molar-refractivity contribution in [3.05, 3.63) is 71.5 Å². The second-order valence-corrected chi connectivity index (χ2v) is 9.07. The highest BCUT2D eigenvalue weighted by atomic mass is 16.2. The number of likely N-dealkylation sites (tertiary alicyclic amines) is 1. The van der Waals surface area contributed by atoms with E-state index in [4.69, 9.17) is 5.73 Å². The summed E-state index contributed by atoms with van der Waals surface area (Å²) in [6.07, 6.45) is 2.61. The number of anilines is 2. The van der Waals surface area contributed by atoms with E-state index in [1.54, 1.807) is 37.1 Å². The first-order chi connectivity index (χ1) is 17.2. The van der Waals surface area contributed by atoms with Crippen molar-refractivity contribution < 1.29 is 14.4 Å². The van der Waals surface area contributed by atoms with Crippen LogP contribution in [0.5, 0.6) is 0 Å². The number of amides is 4. The SMILES string of the molecule is CC[C@@H](NC(=O)N1C(=O)[C@H](Cc2cc(C)nc(N)c2)[C@H]1C(=O)N(C)c1ccn(C)n1)c1ccccc1. The van der Waals surface area contributed by atoms with E-state index in [2.05, 4.69) is 15.4 Å². The average Bonchev–Trinajstić information content (AvgIpc) is 3.29. The molecule has 0 unspecified atom stereocenters. The molecule has 10 nitrogen and oxygen atoms in total. The van der Waals surface area contributed by atoms with Crippen molar-refractivity contribution >= 4 is 29.5 Å². The number of urea groups is 1. The number of nitrogens with two attached hydrogens (primary N) is 1. The number of benzene rings is 1. The summed E-state index contributed by atoms with van der Waals surface area (Å²) in [7, 11) is 3.34. The number of imide groups is 1. The van der Waals surface area contributed by atoms with E-state index >= 15 is 0 Å². The van der Waals surface area contributed by atoms with Crippen LogP contribution in [0.25, 0.3) is 0 Å². The Labute approximate surface area is 210 Å². The fourth-order valence-electron chi connectivity index (χ4n) is 4.61. The van der Waals surface area contributed by atoms with Crippen LogP contribution in [0.15, 0.2) is 54.7 Å². The summed E-state index contributed by atoms with van der Waals surface area (Å²) in [6.45, 7) is 3.76. The molecule has 1 aliphatic heterocycles. The number of pyridine rings is 1. The molecule has 0 bridgehead atoms. The van der Waals surface area contributed by atoms with E-state index in [1.807, 2.05) is 50.2 Å². The maximum absolute atomic E-state index is 13.6. The van der Waals surface area contributed by atoms with E-state index in [-0.39, 0.29) is 18.4 Å². The van der Waals surface area contributed by atoms with Crippen molar-refractivity contribution in [1.29, 1.82) is 0 Å². The van der Waals surface area contributed by atoms with Gasteiger partial charge in [0.15, 0.2) is 5.82 Å². The Hall–Kier alpha value is -4.21. The number of carbonyl (C=O) groups is 3. The summed E-state index contributed by atoms with van der Waals surface area (Å²) < 4.78 is 1.58. The molecule has 0 aliphatic carbocycles. The minimum Gasteiger partial charge on any atom is -0.384 e. The minimum absolute atomic E-state index is 0.262. The second kappa shape index (κ2) is 10.2. The smallest absolute Gasteiger partial charge is 0.325 e. The Morgan fingerprint density at radius 1 is 1.19 bits per heavy atom. The lowest BCUT2D eigenvalue weighted by molar-refractivity contribution is -0.156. The summed E-state index contributed by atoms with van der Waals surface area (Å²) in [6, 6.07) is 12.9. The standard InChI is InChI=1S/C26H31N7O3/c1-5-20(18-9-7-6-8-10-18)29-26(36)33-23(25(35)32(4)22-11-12-31(3)30-22)19(24(33)34)14-17-13-16(2)28-21(27)15-17/h6-13,15,19-20,23H,5,14H2,1-4H3,(H2,27,28)(H,29,36)/t19-,20-,23+/m1/s1. The lowest BCUT2D eigenvalue weighted by Gasteiger charge is -2.45. The zero-order valence-electron chi connectivity index (χ0n) is 20.9. The quantitative estimate of drug-likeness (QED) is 0.491. The Morgan fingerprint density at radius 3 is 2.53 bits per heavy atom. The van der Waals surface area contributed by atoms with Gasteiger partial charge in [-0.3, -0.25) is 24.1 Å². The largest absolute Gasteiger partial charge is 0.384 e. The van der Waals surface area contributed by atoms with Crippen molar-refractivity contribution in [2.75, 3.05) is 17.7 Å². The van der Waals surface area contributed by atoms with Crippen molar-refractivity contribution in [1.82, 2.24) is 25.0 Å². The highest BCUT2D eigenvalue weighted by molar-refractivity contribution is 6.12. The van der Waals surface area contributed by atoms with E-state index < -0.39 is 23.9 Å². The van der Waals surface area contributed by atoms with Gasteiger partial charge < -0.3 is 11.1 Å². The molecule has 188 valence electrons. The summed E-state index contributed by atoms with van der Waals surface area (Å²) >= 11 is 0. The molecular formula is C26H31N7O3. The summed E-state index contributed by atoms with van der Waals surface area (Å²) in [5, 5.41) is 7.22. The number of aromatic nitrogens is 3. The molecule has 0 spiro atoms. The van der Waals surface area contributed by atoms with Crippen LogP contribution in [0, 0.1) is 12.8 Å². The van der Waals surface area contributed by atoms with Gasteiger partial charge in [-0.1, -0.05) is 37.3 Å². The summed E-state index contributed by atoms with van der Waals surface area (Å²) in [5.74, 6) is -0.738. The predicted octanol–water partition coefficient (Wildman–Crippen LogP) is 2.60. The molecule has 0 radical (unpaired) electrons. The van der Waals surface area contributed by atoms with Gasteiger partial charge in [0.1, 0.15) is 11.9 Å². The zero-order valence-corrected chi connectivity index (χ0v) is 20.9. The molecule has 0 saturated carbocycles. The Kier molecular flexibility index (Phi) is 7.05. The second-order valence-electron chi connectivity index (χ2n) is 9.07. The van der Waals surface area contributed by atoms with Crippen LogP contribution in [-0.4, -0.2) is 50.6 Å². The van der Waals surface area contributed by atoms with Crippen molar-refractivity contribution in [3.63, 3.8) is 0 Å². The van der Waals surface area contributed by atoms with Gasteiger partial charge in [0, 0.05) is 32.1 Å². The molecule has 3 aromatic rings. The lowest BCUT2D eigenvalue weighted by atomic mass is 9.81. The molecule has 2 aromatic heterocycles. The third-order valence-electron chi connectivity index (χ3n) is 6.46. The molecule has 36 heavy (non-hydrogen) atoms. The van der Waals surface area contributed by atoms with Crippen LogP contribution < -0.4 is 16.0 Å². The number of rotatable bonds is 7. The normalized spacial score (nSPS) is 17.9. The number of nitrogens with one attached hydrogen (secondary N) is 1. The molecule has 1 saturated heterocycles. The zero-order chi connectivity index (χ0) is 26.0. The van der Waals surface area contributed by atoms with E-state index in [0.29, 0.717) is 23.8 Å². The Bertz CT molecular complexity index is 1250. The molecule has 1 fully saturated rings. The van der Waals surface area contributed by atoms with Gasteiger partial charge >= 0.3 is 6.03 Å². The molecule has 1 aromatic carbocycles. The first-order valence-electron chi connectivity index (χ1n) is 11.9. The molecular weight excluding hydrogens is 458 g/mol. The first kappa shape index (κ1) is 24.9. The fraction of sp³-hybridized carbons (Fsp3) is 0.346. The molecule has 4 rings (SSSR count). The molecule has 3 atom stereocenters. The van der Waals surface area contributed by atoms with Gasteiger partial charge in [0.25, 0.3) is 5.91 Å². The molecule has 3 heterocycles. The highest BCUT2D eigenvalue weighted by Gasteiger charge is 2.55. The summed E-state index contributed by atoms with van der Waals surface area (Å²) in [5.41, 5.74) is 8.32. The van der Waals surface area contributed by atoms with E-state index in [0.717, 1.165) is 16.0 Å². The van der Waals surface area contributed by atoms with Crippen molar-refractivity contribution in [3.8, 4) is 0 Å². The number of carbonyl (C=O) groups excluding carboxylic acids is 3. The van der Waals surface area contributed by atoms with Gasteiger partial charge in [-0.05, 0) is 43.0 Å². The number of aryl methyl sites for hydroxylation is 2. The van der Waals surface area contributed by atoms with Gasteiger partial charge in [-0.2, -0.15) is 5.10 Å². The summed E-state index contributed by atoms with van der Waals surface area (Å²) in [4.78, 5) is 46.8. The Balaban J connectivity index is 1.61. The van der Waals surface area contributed by atoms with Crippen LogP contribution in [0.1, 0.15) is 36.2 Å². The van der Waals surface area contributed by atoms with Crippen molar-refractivity contribution in [2.24, 2.45) is 13.0 Å². The Morgan fingerprint density at radius 2 is 1.92 bits per heavy atom. The molecule has 10 heteroatoms. The van der Waals surface area contributed by atoms with Crippen molar-refractivity contribution in [2.45, 2.75) is 38.8 Å². The molecule has 3 N–H and O–H groups in total. The third-order valence-corrected chi connectivity index (χ3v) is 6.46. The molecule has 4 amide bonds. The van der Waals surface area contributed by atoms with Gasteiger partial charge in [-0.15, -0.1) is 0 Å². The van der Waals surface area contributed by atoms with Gasteiger partial charge in [0.05, 0.1) is 12.0 Å². The number of nitrogen functional groups attached to an aromatic ring is 1. The number of β-lactam (4-membered cyclic amide) rings is 1. The monoisotopic (exact) mass is 489 g/mol. The third kappa shape index (κ3) is 4.93. The predicted molar refractivity (Wildman–Crippen MR) is 136 cm³/mol. The maximum atomic E-state index is 13.6. The number of hydrogen-bond acceptors (Lipinski definition) is 6. The van der Waals surface area contributed by atoms with Gasteiger partial charge in [0.2, 0.25) is 5.91 Å².